The molecule has 0 aliphatic heterocycles. The molecule has 0 spiro atoms. The van der Waals surface area contributed by atoms with E-state index in [1.807, 2.05) is 0 Å². The van der Waals surface area contributed by atoms with Crippen molar-refractivity contribution >= 4 is 0 Å². The van der Waals surface area contributed by atoms with Gasteiger partial charge in [0.2, 0.25) is 0 Å². The Morgan fingerprint density at radius 1 is 0.765 bits per heavy atom. The first-order valence-corrected chi connectivity index (χ1v) is 13.2. The summed E-state index contributed by atoms with van der Waals surface area (Å²) in [4.78, 5) is 0. The third-order valence-electron chi connectivity index (χ3n) is 8.31. The first kappa shape index (κ1) is 27.4. The van der Waals surface area contributed by atoms with Crippen molar-refractivity contribution in [1.29, 1.82) is 0 Å². The third kappa shape index (κ3) is 6.34. The van der Waals surface area contributed by atoms with E-state index >= 15 is 0 Å². The Hall–Kier alpha value is -1.14. The Morgan fingerprint density at radius 2 is 1.29 bits per heavy atom. The molecule has 0 unspecified atom stereocenters. The standard InChI is InChI=1S/C27H40F6O/c1-3-5-19-7-11-21(12-8-19)22-13-9-20(10-14-22)17-18-25(28,29)34-24-16-15-23(6-4-2)26(30,31)27(24,32)33/h15-16,19-22H,3-14,17-18H2,1-2H3. The van der Waals surface area contributed by atoms with Crippen LogP contribution in [0.15, 0.2) is 23.5 Å². The summed E-state index contributed by atoms with van der Waals surface area (Å²) < 4.78 is 90.1. The van der Waals surface area contributed by atoms with Crippen molar-refractivity contribution in [3.63, 3.8) is 0 Å². The molecule has 1 nitrogen and oxygen atoms in total. The molecule has 0 aromatic carbocycles. The topological polar surface area (TPSA) is 9.23 Å². The van der Waals surface area contributed by atoms with Gasteiger partial charge in [-0.25, -0.2) is 0 Å². The maximum absolute atomic E-state index is 14.4. The number of ether oxygens (including phenoxy) is 1. The second-order valence-electron chi connectivity index (χ2n) is 10.7. The minimum atomic E-state index is -4.79. The highest BCUT2D eigenvalue weighted by molar-refractivity contribution is 5.35. The summed E-state index contributed by atoms with van der Waals surface area (Å²) in [5.41, 5.74) is -0.758. The number of allylic oxidation sites excluding steroid dienone is 4. The molecule has 0 N–H and O–H groups in total. The molecule has 2 saturated carbocycles. The lowest BCUT2D eigenvalue weighted by atomic mass is 9.68. The Kier molecular flexibility index (Phi) is 9.11. The van der Waals surface area contributed by atoms with Crippen LogP contribution in [0.25, 0.3) is 0 Å². The predicted octanol–water partition coefficient (Wildman–Crippen LogP) is 9.68. The van der Waals surface area contributed by atoms with Gasteiger partial charge in [-0.05, 0) is 68.3 Å². The van der Waals surface area contributed by atoms with Crippen molar-refractivity contribution in [2.24, 2.45) is 23.7 Å². The van der Waals surface area contributed by atoms with Crippen LogP contribution in [-0.4, -0.2) is 18.0 Å². The summed E-state index contributed by atoms with van der Waals surface area (Å²) >= 11 is 0. The molecule has 0 atom stereocenters. The summed E-state index contributed by atoms with van der Waals surface area (Å²) in [5.74, 6) is -8.61. The van der Waals surface area contributed by atoms with Crippen molar-refractivity contribution in [3.8, 4) is 0 Å². The number of halogens is 6. The van der Waals surface area contributed by atoms with E-state index in [4.69, 9.17) is 0 Å². The van der Waals surface area contributed by atoms with Gasteiger partial charge < -0.3 is 4.74 Å². The average Bonchev–Trinajstić information content (AvgIpc) is 2.79. The van der Waals surface area contributed by atoms with Gasteiger partial charge >= 0.3 is 18.0 Å². The van der Waals surface area contributed by atoms with Crippen LogP contribution in [0.1, 0.15) is 104 Å². The molecule has 7 heteroatoms. The molecule has 3 rings (SSSR count). The summed E-state index contributed by atoms with van der Waals surface area (Å²) in [7, 11) is 0. The molecule has 34 heavy (non-hydrogen) atoms. The lowest BCUT2D eigenvalue weighted by Crippen LogP contribution is -2.47. The van der Waals surface area contributed by atoms with Crippen LogP contribution in [0.3, 0.4) is 0 Å². The number of alkyl halides is 6. The molecule has 0 heterocycles. The minimum Gasteiger partial charge on any atom is -0.430 e. The molecule has 0 aromatic rings. The molecule has 0 aromatic heterocycles. The van der Waals surface area contributed by atoms with Crippen LogP contribution >= 0.6 is 0 Å². The molecule has 196 valence electrons. The maximum atomic E-state index is 14.4. The first-order valence-electron chi connectivity index (χ1n) is 13.2. The molecule has 2 fully saturated rings. The fourth-order valence-electron chi connectivity index (χ4n) is 6.24. The Morgan fingerprint density at radius 3 is 1.79 bits per heavy atom. The monoisotopic (exact) mass is 494 g/mol. The van der Waals surface area contributed by atoms with Crippen LogP contribution < -0.4 is 0 Å². The maximum Gasteiger partial charge on any atom is 0.397 e. The van der Waals surface area contributed by atoms with Crippen molar-refractivity contribution in [1.82, 2.24) is 0 Å². The number of hydrogen-bond donors (Lipinski definition) is 0. The minimum absolute atomic E-state index is 0.0977. The second-order valence-corrected chi connectivity index (χ2v) is 10.7. The highest BCUT2D eigenvalue weighted by Gasteiger charge is 2.64. The van der Waals surface area contributed by atoms with Gasteiger partial charge in [0.05, 0.1) is 6.42 Å². The zero-order valence-electron chi connectivity index (χ0n) is 20.5. The van der Waals surface area contributed by atoms with Gasteiger partial charge in [0, 0.05) is 5.57 Å². The zero-order valence-corrected chi connectivity index (χ0v) is 20.5. The lowest BCUT2D eigenvalue weighted by Gasteiger charge is -2.38. The third-order valence-corrected chi connectivity index (χ3v) is 8.31. The average molecular weight is 495 g/mol. The van der Waals surface area contributed by atoms with E-state index in [1.165, 1.54) is 38.5 Å². The second kappa shape index (κ2) is 11.3. The summed E-state index contributed by atoms with van der Waals surface area (Å²) in [6, 6.07) is 0. The Labute approximate surface area is 200 Å². The quantitative estimate of drug-likeness (QED) is 0.275. The van der Waals surface area contributed by atoms with E-state index < -0.39 is 35.7 Å². The Balaban J connectivity index is 1.47. The van der Waals surface area contributed by atoms with E-state index in [1.54, 1.807) is 6.92 Å². The molecule has 0 bridgehead atoms. The van der Waals surface area contributed by atoms with E-state index in [0.29, 0.717) is 12.0 Å². The normalized spacial score (nSPS) is 31.5. The highest BCUT2D eigenvalue weighted by Crippen LogP contribution is 2.50. The molecular weight excluding hydrogens is 454 g/mol. The predicted molar refractivity (Wildman–Crippen MR) is 122 cm³/mol. The molecule has 0 saturated heterocycles. The number of rotatable bonds is 10. The van der Waals surface area contributed by atoms with Crippen LogP contribution in [0.2, 0.25) is 0 Å². The lowest BCUT2D eigenvalue weighted by molar-refractivity contribution is -0.264. The molecule has 0 amide bonds. The van der Waals surface area contributed by atoms with E-state index in [2.05, 4.69) is 11.7 Å². The van der Waals surface area contributed by atoms with E-state index in [-0.39, 0.29) is 25.2 Å². The smallest absolute Gasteiger partial charge is 0.397 e. The van der Waals surface area contributed by atoms with Crippen molar-refractivity contribution < 1.29 is 31.1 Å². The van der Waals surface area contributed by atoms with Gasteiger partial charge in [0.25, 0.3) is 0 Å². The largest absolute Gasteiger partial charge is 0.430 e. The zero-order chi connectivity index (χ0) is 25.0. The van der Waals surface area contributed by atoms with Crippen molar-refractivity contribution in [2.45, 2.75) is 122 Å². The van der Waals surface area contributed by atoms with Crippen LogP contribution in [0.5, 0.6) is 0 Å². The molecule has 3 aliphatic carbocycles. The summed E-state index contributed by atoms with van der Waals surface area (Å²) in [5, 5.41) is 0. The first-order chi connectivity index (χ1) is 16.0. The van der Waals surface area contributed by atoms with E-state index in [9.17, 15) is 26.3 Å². The number of hydrogen-bond acceptors (Lipinski definition) is 1. The highest BCUT2D eigenvalue weighted by atomic mass is 19.3. The Bertz CT molecular complexity index is 713. The fraction of sp³-hybridized carbons (Fsp3) is 0.852. The molecule has 3 aliphatic rings. The SMILES string of the molecule is CCCC1=CC=C(OC(F)(F)CCC2CCC(C3CCC(CCC)CC3)CC2)C(F)(F)C1(F)F. The summed E-state index contributed by atoms with van der Waals surface area (Å²) in [6.07, 6.45) is 8.36. The van der Waals surface area contributed by atoms with E-state index in [0.717, 1.165) is 43.6 Å². The van der Waals surface area contributed by atoms with Gasteiger partial charge in [0.15, 0.2) is 5.76 Å². The van der Waals surface area contributed by atoms with Crippen LogP contribution in [0.4, 0.5) is 26.3 Å². The molecule has 0 radical (unpaired) electrons. The fourth-order valence-corrected chi connectivity index (χ4v) is 6.24. The van der Waals surface area contributed by atoms with Crippen LogP contribution in [0, 0.1) is 23.7 Å². The van der Waals surface area contributed by atoms with Crippen LogP contribution in [-0.2, 0) is 4.74 Å². The van der Waals surface area contributed by atoms with Gasteiger partial charge in [-0.1, -0.05) is 64.9 Å². The van der Waals surface area contributed by atoms with Gasteiger partial charge in [-0.2, -0.15) is 26.3 Å². The summed E-state index contributed by atoms with van der Waals surface area (Å²) in [6.45, 7) is 3.82. The molecular formula is C27H40F6O. The van der Waals surface area contributed by atoms with Gasteiger partial charge in [0.1, 0.15) is 0 Å². The van der Waals surface area contributed by atoms with Crippen molar-refractivity contribution in [2.75, 3.05) is 0 Å². The van der Waals surface area contributed by atoms with Gasteiger partial charge in [-0.3, -0.25) is 0 Å². The van der Waals surface area contributed by atoms with Crippen molar-refractivity contribution in [3.05, 3.63) is 23.5 Å². The van der Waals surface area contributed by atoms with Gasteiger partial charge in [-0.15, -0.1) is 0 Å².